The number of imide groups is 1. The van der Waals surface area contributed by atoms with Gasteiger partial charge in [0.05, 0.1) is 17.1 Å². The van der Waals surface area contributed by atoms with Gasteiger partial charge in [0.2, 0.25) is 0 Å². The van der Waals surface area contributed by atoms with Gasteiger partial charge in [0.15, 0.2) is 6.61 Å². The first-order valence-electron chi connectivity index (χ1n) is 8.66. The maximum atomic E-state index is 12.4. The Bertz CT molecular complexity index is 828. The smallest absolute Gasteiger partial charge is 0.342 e. The third kappa shape index (κ3) is 5.40. The van der Waals surface area contributed by atoms with Crippen LogP contribution in [0.5, 0.6) is 0 Å². The highest BCUT2D eigenvalue weighted by Crippen LogP contribution is 2.18. The predicted molar refractivity (Wildman–Crippen MR) is 99.7 cm³/mol. The fourth-order valence-electron chi connectivity index (χ4n) is 2.47. The van der Waals surface area contributed by atoms with Crippen molar-refractivity contribution < 1.29 is 19.1 Å². The number of nitrogens with one attached hydrogen (secondary N) is 2. The molecular weight excluding hydrogens is 348 g/mol. The zero-order chi connectivity index (χ0) is 20.0. The molecule has 0 fully saturated rings. The number of hydrogen-bond acceptors (Lipinski definition) is 5. The summed E-state index contributed by atoms with van der Waals surface area (Å²) >= 11 is 0. The molecule has 8 heteroatoms. The first-order chi connectivity index (χ1) is 12.8. The van der Waals surface area contributed by atoms with Crippen LogP contribution in [0.15, 0.2) is 30.3 Å². The molecule has 2 rings (SSSR count). The molecule has 1 aromatic carbocycles. The van der Waals surface area contributed by atoms with E-state index in [1.165, 1.54) is 0 Å². The van der Waals surface area contributed by atoms with E-state index in [0.717, 1.165) is 5.69 Å². The van der Waals surface area contributed by atoms with Gasteiger partial charge in [-0.25, -0.2) is 14.3 Å². The lowest BCUT2D eigenvalue weighted by molar-refractivity contribution is -0.123. The number of carbonyl (C=O) groups is 3. The van der Waals surface area contributed by atoms with Crippen molar-refractivity contribution in [3.05, 3.63) is 47.3 Å². The van der Waals surface area contributed by atoms with Gasteiger partial charge in [-0.1, -0.05) is 32.0 Å². The molecule has 0 aliphatic carbocycles. The van der Waals surface area contributed by atoms with Crippen LogP contribution in [0.1, 0.15) is 35.6 Å². The van der Waals surface area contributed by atoms with Crippen LogP contribution in [-0.4, -0.2) is 40.8 Å². The molecule has 0 aliphatic rings. The Kier molecular flexibility index (Phi) is 6.70. The number of rotatable bonds is 6. The summed E-state index contributed by atoms with van der Waals surface area (Å²) in [6.45, 7) is 7.21. The number of aromatic nitrogens is 2. The summed E-state index contributed by atoms with van der Waals surface area (Å²) in [5.74, 6) is -1.10. The van der Waals surface area contributed by atoms with Gasteiger partial charge >= 0.3 is 12.0 Å². The third-order valence-electron chi connectivity index (χ3n) is 3.75. The number of ether oxygens (including phenoxy) is 1. The number of benzene rings is 1. The minimum Gasteiger partial charge on any atom is -0.452 e. The van der Waals surface area contributed by atoms with Gasteiger partial charge < -0.3 is 10.1 Å². The van der Waals surface area contributed by atoms with Gasteiger partial charge in [0.1, 0.15) is 5.56 Å². The van der Waals surface area contributed by atoms with Crippen LogP contribution in [0.4, 0.5) is 4.79 Å². The van der Waals surface area contributed by atoms with E-state index in [4.69, 9.17) is 4.74 Å². The fourth-order valence-corrected chi connectivity index (χ4v) is 2.47. The Morgan fingerprint density at radius 3 is 2.44 bits per heavy atom. The molecule has 2 aromatic rings. The lowest BCUT2D eigenvalue weighted by atomic mass is 10.2. The number of aryl methyl sites for hydroxylation is 1. The van der Waals surface area contributed by atoms with Gasteiger partial charge in [0, 0.05) is 6.54 Å². The predicted octanol–water partition coefficient (Wildman–Crippen LogP) is 2.13. The number of carbonyl (C=O) groups excluding carboxylic acids is 3. The van der Waals surface area contributed by atoms with E-state index in [9.17, 15) is 14.4 Å². The summed E-state index contributed by atoms with van der Waals surface area (Å²) in [6.07, 6.45) is 0. The van der Waals surface area contributed by atoms with Crippen LogP contribution in [0.3, 0.4) is 0 Å². The van der Waals surface area contributed by atoms with Crippen molar-refractivity contribution in [1.29, 1.82) is 0 Å². The molecule has 2 N–H and O–H groups in total. The second-order valence-corrected chi connectivity index (χ2v) is 6.52. The number of para-hydroxylation sites is 1. The van der Waals surface area contributed by atoms with E-state index in [2.05, 4.69) is 15.7 Å². The Morgan fingerprint density at radius 1 is 1.15 bits per heavy atom. The number of esters is 1. The summed E-state index contributed by atoms with van der Waals surface area (Å²) in [5.41, 5.74) is 2.22. The molecule has 0 radical (unpaired) electrons. The van der Waals surface area contributed by atoms with Crippen molar-refractivity contribution >= 4 is 17.9 Å². The van der Waals surface area contributed by atoms with Crippen molar-refractivity contribution in [3.8, 4) is 5.69 Å². The molecule has 0 bridgehead atoms. The van der Waals surface area contributed by atoms with Crippen LogP contribution in [0.2, 0.25) is 0 Å². The molecule has 0 aliphatic heterocycles. The first-order valence-corrected chi connectivity index (χ1v) is 8.66. The summed E-state index contributed by atoms with van der Waals surface area (Å²) < 4.78 is 6.69. The quantitative estimate of drug-likeness (QED) is 0.756. The molecule has 1 heterocycles. The summed E-state index contributed by atoms with van der Waals surface area (Å²) in [6, 6.07) is 8.77. The van der Waals surface area contributed by atoms with Crippen molar-refractivity contribution in [2.75, 3.05) is 13.2 Å². The number of hydrogen-bond donors (Lipinski definition) is 2. The highest BCUT2D eigenvalue weighted by molar-refractivity contribution is 5.97. The van der Waals surface area contributed by atoms with E-state index in [-0.39, 0.29) is 5.92 Å². The Labute approximate surface area is 157 Å². The van der Waals surface area contributed by atoms with Gasteiger partial charge in [0.25, 0.3) is 5.91 Å². The largest absolute Gasteiger partial charge is 0.452 e. The van der Waals surface area contributed by atoms with Gasteiger partial charge in [-0.15, -0.1) is 0 Å². The van der Waals surface area contributed by atoms with Crippen LogP contribution in [0.25, 0.3) is 5.69 Å². The third-order valence-corrected chi connectivity index (χ3v) is 3.75. The zero-order valence-corrected chi connectivity index (χ0v) is 15.9. The molecule has 0 saturated carbocycles. The average molecular weight is 372 g/mol. The highest BCUT2D eigenvalue weighted by Gasteiger charge is 2.21. The van der Waals surface area contributed by atoms with Gasteiger partial charge in [-0.2, -0.15) is 5.10 Å². The van der Waals surface area contributed by atoms with E-state index in [1.807, 2.05) is 44.2 Å². The molecule has 144 valence electrons. The lowest BCUT2D eigenvalue weighted by Crippen LogP contribution is -2.42. The van der Waals surface area contributed by atoms with Gasteiger partial charge in [-0.05, 0) is 31.9 Å². The van der Waals surface area contributed by atoms with Crippen molar-refractivity contribution in [3.63, 3.8) is 0 Å². The number of amides is 3. The lowest BCUT2D eigenvalue weighted by Gasteiger charge is -2.09. The van der Waals surface area contributed by atoms with Crippen molar-refractivity contribution in [2.45, 2.75) is 27.7 Å². The maximum Gasteiger partial charge on any atom is 0.342 e. The molecule has 0 saturated heterocycles. The summed E-state index contributed by atoms with van der Waals surface area (Å²) in [5, 5.41) is 9.03. The van der Waals surface area contributed by atoms with Crippen LogP contribution < -0.4 is 10.6 Å². The van der Waals surface area contributed by atoms with Crippen LogP contribution in [0, 0.1) is 19.8 Å². The Morgan fingerprint density at radius 2 is 1.81 bits per heavy atom. The second kappa shape index (κ2) is 8.98. The first kappa shape index (κ1) is 20.2. The maximum absolute atomic E-state index is 12.4. The molecule has 8 nitrogen and oxygen atoms in total. The molecule has 1 aromatic heterocycles. The van der Waals surface area contributed by atoms with Crippen LogP contribution in [-0.2, 0) is 9.53 Å². The molecule has 0 unspecified atom stereocenters. The molecule has 0 atom stereocenters. The summed E-state index contributed by atoms with van der Waals surface area (Å²) in [4.78, 5) is 35.7. The van der Waals surface area contributed by atoms with E-state index in [0.29, 0.717) is 23.5 Å². The van der Waals surface area contributed by atoms with E-state index in [1.54, 1.807) is 18.5 Å². The highest BCUT2D eigenvalue weighted by atomic mass is 16.5. The molecule has 3 amide bonds. The van der Waals surface area contributed by atoms with E-state index < -0.39 is 24.5 Å². The average Bonchev–Trinajstić information content (AvgIpc) is 2.93. The van der Waals surface area contributed by atoms with Gasteiger partial charge in [-0.3, -0.25) is 10.1 Å². The normalized spacial score (nSPS) is 10.6. The molecule has 0 spiro atoms. The SMILES string of the molecule is Cc1nn(-c2ccccc2)c(C)c1C(=O)OCC(=O)NC(=O)NCC(C)C. The Balaban J connectivity index is 1.97. The molecular formula is C19H24N4O4. The second-order valence-electron chi connectivity index (χ2n) is 6.52. The standard InChI is InChI=1S/C19H24N4O4/c1-12(2)10-20-19(26)21-16(24)11-27-18(25)17-13(3)22-23(14(17)4)15-8-6-5-7-9-15/h5-9,12H,10-11H2,1-4H3,(H2,20,21,24,26). The monoisotopic (exact) mass is 372 g/mol. The van der Waals surface area contributed by atoms with Crippen LogP contribution >= 0.6 is 0 Å². The Hall–Kier alpha value is -3.16. The summed E-state index contributed by atoms with van der Waals surface area (Å²) in [7, 11) is 0. The number of nitrogens with zero attached hydrogens (tertiary/aromatic N) is 2. The van der Waals surface area contributed by atoms with E-state index >= 15 is 0 Å². The number of urea groups is 1. The topological polar surface area (TPSA) is 102 Å². The van der Waals surface area contributed by atoms with Crippen molar-refractivity contribution in [2.24, 2.45) is 5.92 Å². The molecule has 27 heavy (non-hydrogen) atoms. The fraction of sp³-hybridized carbons (Fsp3) is 0.368. The zero-order valence-electron chi connectivity index (χ0n) is 15.9. The van der Waals surface area contributed by atoms with Crippen molar-refractivity contribution in [1.82, 2.24) is 20.4 Å². The minimum atomic E-state index is -0.699. The minimum absolute atomic E-state index is 0.260.